The van der Waals surface area contributed by atoms with Gasteiger partial charge in [-0.05, 0) is 37.3 Å². The minimum atomic E-state index is -0.440. The lowest BCUT2D eigenvalue weighted by molar-refractivity contribution is -0.384. The fourth-order valence-electron chi connectivity index (χ4n) is 2.47. The van der Waals surface area contributed by atoms with Crippen LogP contribution in [0.1, 0.15) is 25.3 Å². The molecule has 20 heavy (non-hydrogen) atoms. The average molecular weight is 277 g/mol. The van der Waals surface area contributed by atoms with E-state index < -0.39 is 4.92 Å². The number of amides is 2. The molecule has 1 aliphatic rings. The maximum atomic E-state index is 12.2. The molecule has 1 N–H and O–H groups in total. The zero-order valence-corrected chi connectivity index (χ0v) is 11.8. The minimum Gasteiger partial charge on any atom is -0.324 e. The second-order valence-corrected chi connectivity index (χ2v) is 5.38. The summed E-state index contributed by atoms with van der Waals surface area (Å²) in [4.78, 5) is 24.2. The summed E-state index contributed by atoms with van der Waals surface area (Å²) in [6.07, 6.45) is 2.17. The second-order valence-electron chi connectivity index (χ2n) is 5.38. The first kappa shape index (κ1) is 14.3. The van der Waals surface area contributed by atoms with Crippen LogP contribution in [0.3, 0.4) is 0 Å². The van der Waals surface area contributed by atoms with Crippen LogP contribution in [0.15, 0.2) is 18.2 Å². The van der Waals surface area contributed by atoms with Crippen molar-refractivity contribution in [2.45, 2.75) is 26.7 Å². The van der Waals surface area contributed by atoms with Gasteiger partial charge in [-0.3, -0.25) is 10.1 Å². The Morgan fingerprint density at radius 1 is 1.50 bits per heavy atom. The Hall–Kier alpha value is -2.11. The smallest absolute Gasteiger partial charge is 0.321 e. The quantitative estimate of drug-likeness (QED) is 0.666. The highest BCUT2D eigenvalue weighted by Gasteiger charge is 2.21. The van der Waals surface area contributed by atoms with Crippen LogP contribution in [0, 0.1) is 23.0 Å². The van der Waals surface area contributed by atoms with Gasteiger partial charge in [-0.15, -0.1) is 0 Å². The molecule has 0 saturated carbocycles. The van der Waals surface area contributed by atoms with E-state index in [9.17, 15) is 14.9 Å². The molecule has 1 fully saturated rings. The Balaban J connectivity index is 2.06. The van der Waals surface area contributed by atoms with Gasteiger partial charge in [-0.2, -0.15) is 0 Å². The van der Waals surface area contributed by atoms with E-state index in [1.165, 1.54) is 12.1 Å². The molecule has 1 aliphatic heterocycles. The molecule has 1 saturated heterocycles. The Morgan fingerprint density at radius 3 is 2.85 bits per heavy atom. The molecule has 0 aliphatic carbocycles. The number of nitro benzene ring substituents is 1. The van der Waals surface area contributed by atoms with Gasteiger partial charge in [0.2, 0.25) is 0 Å². The summed E-state index contributed by atoms with van der Waals surface area (Å²) in [6, 6.07) is 4.32. The van der Waals surface area contributed by atoms with Crippen molar-refractivity contribution in [1.29, 1.82) is 0 Å². The SMILES string of the molecule is Cc1cc([N+](=O)[O-])ccc1NC(=O)N1CCC[C@H](C)C1. The largest absolute Gasteiger partial charge is 0.324 e. The first-order valence-electron chi connectivity index (χ1n) is 6.78. The number of anilines is 1. The maximum Gasteiger partial charge on any atom is 0.321 e. The molecule has 0 spiro atoms. The summed E-state index contributed by atoms with van der Waals surface area (Å²) < 4.78 is 0. The number of carbonyl (C=O) groups is 1. The molecule has 0 bridgehead atoms. The number of nitrogens with zero attached hydrogens (tertiary/aromatic N) is 2. The van der Waals surface area contributed by atoms with E-state index in [0.29, 0.717) is 17.2 Å². The fourth-order valence-corrected chi connectivity index (χ4v) is 2.47. The summed E-state index contributed by atoms with van der Waals surface area (Å²) >= 11 is 0. The molecular formula is C14H19N3O3. The topological polar surface area (TPSA) is 75.5 Å². The molecule has 2 amide bonds. The molecule has 1 atom stereocenters. The van der Waals surface area contributed by atoms with Crippen molar-refractivity contribution >= 4 is 17.4 Å². The number of non-ortho nitro benzene ring substituents is 1. The summed E-state index contributed by atoms with van der Waals surface area (Å²) in [5.74, 6) is 0.521. The second kappa shape index (κ2) is 5.90. The molecular weight excluding hydrogens is 258 g/mol. The molecule has 2 rings (SSSR count). The van der Waals surface area contributed by atoms with Gasteiger partial charge in [0.15, 0.2) is 0 Å². The van der Waals surface area contributed by atoms with Crippen LogP contribution in [0.5, 0.6) is 0 Å². The van der Waals surface area contributed by atoms with E-state index in [1.807, 2.05) is 0 Å². The van der Waals surface area contributed by atoms with Crippen molar-refractivity contribution in [1.82, 2.24) is 4.90 Å². The Kier molecular flexibility index (Phi) is 4.22. The van der Waals surface area contributed by atoms with Crippen LogP contribution in [0.2, 0.25) is 0 Å². The van der Waals surface area contributed by atoms with Crippen LogP contribution in [-0.2, 0) is 0 Å². The van der Waals surface area contributed by atoms with E-state index in [-0.39, 0.29) is 11.7 Å². The van der Waals surface area contributed by atoms with Gasteiger partial charge in [-0.25, -0.2) is 4.79 Å². The standard InChI is InChI=1S/C14H19N3O3/c1-10-4-3-7-16(9-10)14(18)15-13-6-5-12(17(19)20)8-11(13)2/h5-6,8,10H,3-4,7,9H2,1-2H3,(H,15,18)/t10-/m0/s1. The number of nitro groups is 1. The average Bonchev–Trinajstić information content (AvgIpc) is 2.40. The Labute approximate surface area is 117 Å². The monoisotopic (exact) mass is 277 g/mol. The number of hydrogen-bond donors (Lipinski definition) is 1. The van der Waals surface area contributed by atoms with Crippen LogP contribution in [0.25, 0.3) is 0 Å². The highest BCUT2D eigenvalue weighted by atomic mass is 16.6. The van der Waals surface area contributed by atoms with Crippen molar-refractivity contribution in [2.24, 2.45) is 5.92 Å². The molecule has 1 heterocycles. The van der Waals surface area contributed by atoms with Gasteiger partial charge in [-0.1, -0.05) is 6.92 Å². The number of carbonyl (C=O) groups excluding carboxylic acids is 1. The summed E-state index contributed by atoms with van der Waals surface area (Å²) in [5, 5.41) is 13.5. The molecule has 6 heteroatoms. The number of rotatable bonds is 2. The first-order valence-corrected chi connectivity index (χ1v) is 6.78. The first-order chi connectivity index (χ1) is 9.47. The lowest BCUT2D eigenvalue weighted by Crippen LogP contribution is -2.41. The van der Waals surface area contributed by atoms with Crippen LogP contribution >= 0.6 is 0 Å². The summed E-state index contributed by atoms with van der Waals surface area (Å²) in [5.41, 5.74) is 1.35. The van der Waals surface area contributed by atoms with E-state index in [0.717, 1.165) is 25.9 Å². The third-order valence-electron chi connectivity index (χ3n) is 3.61. The van der Waals surface area contributed by atoms with Gasteiger partial charge in [0.1, 0.15) is 0 Å². The molecule has 0 radical (unpaired) electrons. The molecule has 1 aromatic rings. The zero-order chi connectivity index (χ0) is 14.7. The normalized spacial score (nSPS) is 18.7. The van der Waals surface area contributed by atoms with E-state index in [4.69, 9.17) is 0 Å². The van der Waals surface area contributed by atoms with E-state index >= 15 is 0 Å². The lowest BCUT2D eigenvalue weighted by atomic mass is 10.0. The summed E-state index contributed by atoms with van der Waals surface area (Å²) in [7, 11) is 0. The number of nitrogens with one attached hydrogen (secondary N) is 1. The lowest BCUT2D eigenvalue weighted by Gasteiger charge is -2.31. The minimum absolute atomic E-state index is 0.0343. The van der Waals surface area contributed by atoms with Crippen molar-refractivity contribution in [3.05, 3.63) is 33.9 Å². The molecule has 6 nitrogen and oxygen atoms in total. The van der Waals surface area contributed by atoms with E-state index in [2.05, 4.69) is 12.2 Å². The Morgan fingerprint density at radius 2 is 2.25 bits per heavy atom. The van der Waals surface area contributed by atoms with Gasteiger partial charge in [0.05, 0.1) is 4.92 Å². The van der Waals surface area contributed by atoms with Gasteiger partial charge in [0, 0.05) is 30.9 Å². The van der Waals surface area contributed by atoms with E-state index in [1.54, 1.807) is 17.9 Å². The van der Waals surface area contributed by atoms with Crippen molar-refractivity contribution in [3.63, 3.8) is 0 Å². The van der Waals surface area contributed by atoms with Crippen molar-refractivity contribution < 1.29 is 9.72 Å². The molecule has 108 valence electrons. The summed E-state index contributed by atoms with van der Waals surface area (Å²) in [6.45, 7) is 5.41. The Bertz CT molecular complexity index is 530. The third kappa shape index (κ3) is 3.26. The van der Waals surface area contributed by atoms with Gasteiger partial charge < -0.3 is 10.2 Å². The fraction of sp³-hybridized carbons (Fsp3) is 0.500. The highest BCUT2D eigenvalue weighted by Crippen LogP contribution is 2.22. The number of likely N-dealkylation sites (tertiary alicyclic amines) is 1. The number of aryl methyl sites for hydroxylation is 1. The predicted octanol–water partition coefficient (Wildman–Crippen LogP) is 3.17. The van der Waals surface area contributed by atoms with Gasteiger partial charge >= 0.3 is 6.03 Å². The number of piperidine rings is 1. The predicted molar refractivity (Wildman–Crippen MR) is 76.8 cm³/mol. The molecule has 0 unspecified atom stereocenters. The van der Waals surface area contributed by atoms with Gasteiger partial charge in [0.25, 0.3) is 5.69 Å². The van der Waals surface area contributed by atoms with Crippen molar-refractivity contribution in [2.75, 3.05) is 18.4 Å². The number of urea groups is 1. The number of hydrogen-bond acceptors (Lipinski definition) is 3. The third-order valence-corrected chi connectivity index (χ3v) is 3.61. The molecule has 0 aromatic heterocycles. The number of benzene rings is 1. The van der Waals surface area contributed by atoms with Crippen LogP contribution < -0.4 is 5.32 Å². The molecule has 1 aromatic carbocycles. The van der Waals surface area contributed by atoms with Crippen LogP contribution in [0.4, 0.5) is 16.2 Å². The maximum absolute atomic E-state index is 12.2. The van der Waals surface area contributed by atoms with Crippen LogP contribution in [-0.4, -0.2) is 28.9 Å². The zero-order valence-electron chi connectivity index (χ0n) is 11.8. The highest BCUT2D eigenvalue weighted by molar-refractivity contribution is 5.90. The van der Waals surface area contributed by atoms with Crippen molar-refractivity contribution in [3.8, 4) is 0 Å².